The fourth-order valence-electron chi connectivity index (χ4n) is 3.37. The van der Waals surface area contributed by atoms with Crippen LogP contribution in [-0.4, -0.2) is 67.4 Å². The molecular weight excluding hydrogens is 381 g/mol. The van der Waals surface area contributed by atoms with E-state index in [4.69, 9.17) is 14.5 Å². The quantitative estimate of drug-likeness (QED) is 0.362. The van der Waals surface area contributed by atoms with Gasteiger partial charge in [0.1, 0.15) is 30.2 Å². The summed E-state index contributed by atoms with van der Waals surface area (Å²) in [7, 11) is -2.92. The van der Waals surface area contributed by atoms with Crippen LogP contribution in [0.5, 0.6) is 0 Å². The van der Waals surface area contributed by atoms with Crippen molar-refractivity contribution in [1.29, 1.82) is 0 Å². The molecule has 0 spiro atoms. The molecule has 2 aliphatic rings. The minimum Gasteiger partial charge on any atom is -0.387 e. The number of phosphoric ester groups is 1. The number of imidazole rings is 1. The SMILES string of the molecule is CC1=NN(C)c2ccnc3c2n1c[n+]3[C@@H]1OC(COP(=O)(O)O)[C@@H](O)[C@H]1O. The summed E-state index contributed by atoms with van der Waals surface area (Å²) in [6.45, 7) is 1.24. The molecule has 0 aromatic carbocycles. The summed E-state index contributed by atoms with van der Waals surface area (Å²) >= 11 is 0. The molecule has 12 nitrogen and oxygen atoms in total. The highest BCUT2D eigenvalue weighted by molar-refractivity contribution is 7.46. The molecule has 0 bridgehead atoms. The summed E-state index contributed by atoms with van der Waals surface area (Å²) in [6.07, 6.45) is -1.63. The zero-order valence-electron chi connectivity index (χ0n) is 14.4. The Morgan fingerprint density at radius 3 is 2.81 bits per heavy atom. The molecule has 0 radical (unpaired) electrons. The molecule has 0 amide bonds. The first-order chi connectivity index (χ1) is 12.7. The van der Waals surface area contributed by atoms with Crippen LogP contribution in [0.25, 0.3) is 11.2 Å². The van der Waals surface area contributed by atoms with Gasteiger partial charge in [0.2, 0.25) is 11.7 Å². The third-order valence-corrected chi connectivity index (χ3v) is 5.10. The number of phosphoric acid groups is 1. The fourth-order valence-corrected chi connectivity index (χ4v) is 3.71. The summed E-state index contributed by atoms with van der Waals surface area (Å²) in [6, 6.07) is 1.80. The van der Waals surface area contributed by atoms with Gasteiger partial charge in [-0.2, -0.15) is 0 Å². The van der Waals surface area contributed by atoms with Crippen LogP contribution in [0.1, 0.15) is 13.2 Å². The lowest BCUT2D eigenvalue weighted by Gasteiger charge is -2.17. The summed E-state index contributed by atoms with van der Waals surface area (Å²) in [4.78, 5) is 22.0. The van der Waals surface area contributed by atoms with Crippen molar-refractivity contribution in [2.75, 3.05) is 18.7 Å². The van der Waals surface area contributed by atoms with Crippen molar-refractivity contribution in [3.63, 3.8) is 0 Å². The summed E-state index contributed by atoms with van der Waals surface area (Å²) in [5, 5.41) is 26.8. The van der Waals surface area contributed by atoms with Gasteiger partial charge >= 0.3 is 13.5 Å². The minimum absolute atomic E-state index is 0.501. The van der Waals surface area contributed by atoms with Crippen LogP contribution in [0.2, 0.25) is 0 Å². The van der Waals surface area contributed by atoms with Crippen LogP contribution in [0.15, 0.2) is 23.7 Å². The van der Waals surface area contributed by atoms with Crippen LogP contribution in [0.4, 0.5) is 5.69 Å². The first kappa shape index (κ1) is 18.4. The van der Waals surface area contributed by atoms with Crippen LogP contribution in [0, 0.1) is 0 Å². The maximum Gasteiger partial charge on any atom is 0.469 e. The van der Waals surface area contributed by atoms with Gasteiger partial charge in [0.25, 0.3) is 0 Å². The van der Waals surface area contributed by atoms with E-state index >= 15 is 0 Å². The van der Waals surface area contributed by atoms with Crippen LogP contribution in [0.3, 0.4) is 0 Å². The average Bonchev–Trinajstić information content (AvgIpc) is 3.11. The number of hydrogen-bond acceptors (Lipinski definition) is 8. The first-order valence-electron chi connectivity index (χ1n) is 8.09. The van der Waals surface area contributed by atoms with Crippen molar-refractivity contribution in [3.8, 4) is 0 Å². The second kappa shape index (κ2) is 6.31. The highest BCUT2D eigenvalue weighted by Crippen LogP contribution is 2.38. The zero-order chi connectivity index (χ0) is 19.5. The number of aromatic nitrogens is 3. The van der Waals surface area contributed by atoms with E-state index in [0.717, 1.165) is 11.2 Å². The molecule has 146 valence electrons. The van der Waals surface area contributed by atoms with E-state index in [0.29, 0.717) is 11.5 Å². The molecule has 1 fully saturated rings. The molecule has 2 aliphatic heterocycles. The summed E-state index contributed by atoms with van der Waals surface area (Å²) < 4.78 is 24.3. The predicted molar refractivity (Wildman–Crippen MR) is 90.8 cm³/mol. The van der Waals surface area contributed by atoms with Gasteiger partial charge in [-0.05, 0) is 0 Å². The van der Waals surface area contributed by atoms with Crippen LogP contribution < -0.4 is 9.58 Å². The van der Waals surface area contributed by atoms with Gasteiger partial charge < -0.3 is 24.7 Å². The zero-order valence-corrected chi connectivity index (χ0v) is 15.3. The predicted octanol–water partition coefficient (Wildman–Crippen LogP) is -1.32. The molecule has 27 heavy (non-hydrogen) atoms. The molecule has 1 unspecified atom stereocenters. The first-order valence-corrected chi connectivity index (χ1v) is 9.62. The molecule has 4 N–H and O–H groups in total. The summed E-state index contributed by atoms with van der Waals surface area (Å²) in [5.74, 6) is 0.677. The average molecular weight is 400 g/mol. The van der Waals surface area contributed by atoms with Gasteiger partial charge in [-0.15, -0.1) is 10.1 Å². The highest BCUT2D eigenvalue weighted by atomic mass is 31.2. The molecule has 1 saturated heterocycles. The number of nitrogens with zero attached hydrogens (tertiary/aromatic N) is 5. The number of anilines is 1. The maximum atomic E-state index is 10.9. The Kier molecular flexibility index (Phi) is 4.31. The molecular formula is C14H19N5O7P+. The number of aliphatic hydroxyl groups excluding tert-OH is 2. The Bertz CT molecular complexity index is 972. The van der Waals surface area contributed by atoms with Gasteiger partial charge in [0, 0.05) is 20.0 Å². The van der Waals surface area contributed by atoms with E-state index in [-0.39, 0.29) is 0 Å². The Morgan fingerprint density at radius 1 is 1.37 bits per heavy atom. The van der Waals surface area contributed by atoms with Crippen LogP contribution >= 0.6 is 7.82 Å². The smallest absolute Gasteiger partial charge is 0.387 e. The molecule has 0 saturated carbocycles. The molecule has 2 aromatic heterocycles. The molecule has 13 heteroatoms. The van der Waals surface area contributed by atoms with E-state index in [1.807, 2.05) is 6.92 Å². The van der Waals surface area contributed by atoms with E-state index in [2.05, 4.69) is 14.6 Å². The normalized spacial score (nSPS) is 28.1. The standard InChI is InChI=1S/C14H18N5O7P/c1-7-16-17(2)8-3-4-15-13-10(8)18(7)6-19(13)14-12(21)11(20)9(26-14)5-25-27(22,23)24/h3-4,6,9,11-12,14,20-21H,5H2,1-2H3,(H-,22,23,24)/p+1/t9?,11-,12-,14-/m1/s1. The van der Waals surface area contributed by atoms with Gasteiger partial charge in [-0.25, -0.2) is 13.7 Å². The highest BCUT2D eigenvalue weighted by Gasteiger charge is 2.48. The van der Waals surface area contributed by atoms with Crippen molar-refractivity contribution in [2.45, 2.75) is 31.5 Å². The Balaban J connectivity index is 1.72. The Hall–Kier alpha value is -1.92. The minimum atomic E-state index is -4.73. The number of rotatable bonds is 4. The van der Waals surface area contributed by atoms with Gasteiger partial charge in [-0.1, -0.05) is 0 Å². The van der Waals surface area contributed by atoms with Crippen molar-refractivity contribution in [1.82, 2.24) is 9.55 Å². The molecule has 2 aromatic rings. The number of aliphatic hydroxyl groups is 2. The molecule has 4 heterocycles. The maximum absolute atomic E-state index is 10.9. The lowest BCUT2D eigenvalue weighted by molar-refractivity contribution is -0.745. The van der Waals surface area contributed by atoms with Crippen molar-refractivity contribution in [2.24, 2.45) is 5.10 Å². The Labute approximate surface area is 153 Å². The number of pyridine rings is 1. The van der Waals surface area contributed by atoms with E-state index in [9.17, 15) is 14.8 Å². The second-order valence-electron chi connectivity index (χ2n) is 6.40. The molecule has 0 aliphatic carbocycles. The number of ether oxygens (including phenoxy) is 1. The summed E-state index contributed by atoms with van der Waals surface area (Å²) in [5.41, 5.74) is 2.06. The van der Waals surface area contributed by atoms with Gasteiger partial charge in [-0.3, -0.25) is 9.53 Å². The fraction of sp³-hybridized carbons (Fsp3) is 0.500. The van der Waals surface area contributed by atoms with Crippen molar-refractivity contribution in [3.05, 3.63) is 18.6 Å². The number of hydrazone groups is 1. The van der Waals surface area contributed by atoms with E-state index in [1.165, 1.54) is 0 Å². The lowest BCUT2D eigenvalue weighted by atomic mass is 10.1. The van der Waals surface area contributed by atoms with Crippen molar-refractivity contribution < 1.29 is 38.4 Å². The largest absolute Gasteiger partial charge is 0.469 e. The number of hydrogen-bond donors (Lipinski definition) is 4. The third kappa shape index (κ3) is 3.05. The third-order valence-electron chi connectivity index (χ3n) is 4.62. The van der Waals surface area contributed by atoms with Crippen LogP contribution in [-0.2, 0) is 13.8 Å². The molecule has 4 rings (SSSR count). The van der Waals surface area contributed by atoms with Gasteiger partial charge in [0.15, 0.2) is 12.2 Å². The topological polar surface area (TPSA) is 154 Å². The van der Waals surface area contributed by atoms with Gasteiger partial charge in [0.05, 0.1) is 6.61 Å². The lowest BCUT2D eigenvalue weighted by Crippen LogP contribution is -2.46. The molecule has 4 atom stereocenters. The van der Waals surface area contributed by atoms with E-state index < -0.39 is 39.0 Å². The Morgan fingerprint density at radius 2 is 2.11 bits per heavy atom. The van der Waals surface area contributed by atoms with Crippen molar-refractivity contribution >= 4 is 30.5 Å². The van der Waals surface area contributed by atoms with E-state index in [1.54, 1.807) is 39.8 Å². The monoisotopic (exact) mass is 400 g/mol. The second-order valence-corrected chi connectivity index (χ2v) is 7.64.